The van der Waals surface area contributed by atoms with Crippen molar-refractivity contribution in [1.29, 1.82) is 0 Å². The molecule has 3 nitrogen and oxygen atoms in total. The molecule has 1 aromatic heterocycles. The molecular formula is C18H17FN2OS2. The second kappa shape index (κ2) is 8.26. The molecule has 1 amide bonds. The van der Waals surface area contributed by atoms with Gasteiger partial charge in [-0.3, -0.25) is 4.79 Å². The first-order valence-electron chi connectivity index (χ1n) is 7.64. The molecule has 0 spiro atoms. The number of rotatable bonds is 7. The van der Waals surface area contributed by atoms with Gasteiger partial charge in [-0.1, -0.05) is 24.3 Å². The Morgan fingerprint density at radius 1 is 1.17 bits per heavy atom. The smallest absolute Gasteiger partial charge is 0.230 e. The summed E-state index contributed by atoms with van der Waals surface area (Å²) >= 11 is 3.24. The number of hydrogen-bond donors (Lipinski definition) is 1. The quantitative estimate of drug-likeness (QED) is 0.692. The van der Waals surface area contributed by atoms with Crippen LogP contribution in [0.15, 0.2) is 48.5 Å². The van der Waals surface area contributed by atoms with Crippen molar-refractivity contribution in [3.05, 3.63) is 64.9 Å². The zero-order valence-corrected chi connectivity index (χ0v) is 14.6. The fourth-order valence-corrected chi connectivity index (χ4v) is 4.14. The lowest BCUT2D eigenvalue weighted by atomic mass is 10.1. The van der Waals surface area contributed by atoms with E-state index in [2.05, 4.69) is 16.4 Å². The minimum Gasteiger partial charge on any atom is -0.355 e. The van der Waals surface area contributed by atoms with Gasteiger partial charge in [-0.05, 0) is 36.2 Å². The van der Waals surface area contributed by atoms with Gasteiger partial charge in [0.15, 0.2) is 0 Å². The fourth-order valence-electron chi connectivity index (χ4n) is 2.26. The Bertz CT molecular complexity index is 784. The molecular weight excluding hydrogens is 343 g/mol. The highest BCUT2D eigenvalue weighted by Crippen LogP contribution is 2.24. The van der Waals surface area contributed by atoms with Crippen LogP contribution in [0, 0.1) is 5.82 Å². The van der Waals surface area contributed by atoms with Gasteiger partial charge in [-0.2, -0.15) is 0 Å². The van der Waals surface area contributed by atoms with Crippen LogP contribution in [0.1, 0.15) is 10.6 Å². The van der Waals surface area contributed by atoms with Crippen molar-refractivity contribution in [2.24, 2.45) is 0 Å². The number of amides is 1. The molecule has 0 radical (unpaired) electrons. The number of hydrogen-bond acceptors (Lipinski definition) is 4. The van der Waals surface area contributed by atoms with Crippen molar-refractivity contribution in [1.82, 2.24) is 10.3 Å². The zero-order chi connectivity index (χ0) is 16.8. The maximum absolute atomic E-state index is 12.8. The van der Waals surface area contributed by atoms with E-state index in [1.54, 1.807) is 35.2 Å². The molecule has 0 bridgehead atoms. The summed E-state index contributed by atoms with van der Waals surface area (Å²) in [6.45, 7) is 0.562. The Morgan fingerprint density at radius 2 is 1.96 bits per heavy atom. The third-order valence-corrected chi connectivity index (χ3v) is 5.61. The minimum absolute atomic E-state index is 0.0169. The second-order valence-electron chi connectivity index (χ2n) is 5.29. The number of thioether (sulfide) groups is 1. The third kappa shape index (κ3) is 4.79. The summed E-state index contributed by atoms with van der Waals surface area (Å²) in [5.74, 6) is 0.932. The van der Waals surface area contributed by atoms with E-state index in [-0.39, 0.29) is 11.7 Å². The lowest BCUT2D eigenvalue weighted by Crippen LogP contribution is -2.27. The van der Waals surface area contributed by atoms with Crippen LogP contribution in [0.4, 0.5) is 4.39 Å². The number of carbonyl (C=O) groups excluding carboxylic acids is 1. The summed E-state index contributed by atoms with van der Waals surface area (Å²) < 4.78 is 14.0. The van der Waals surface area contributed by atoms with Crippen LogP contribution in [0.2, 0.25) is 0 Å². The Labute approximate surface area is 148 Å². The van der Waals surface area contributed by atoms with Gasteiger partial charge < -0.3 is 5.32 Å². The van der Waals surface area contributed by atoms with Crippen LogP contribution in [0.5, 0.6) is 0 Å². The van der Waals surface area contributed by atoms with E-state index in [1.165, 1.54) is 16.8 Å². The largest absolute Gasteiger partial charge is 0.355 e. The summed E-state index contributed by atoms with van der Waals surface area (Å²) in [6, 6.07) is 14.4. The molecule has 0 aliphatic rings. The van der Waals surface area contributed by atoms with Crippen molar-refractivity contribution in [3.63, 3.8) is 0 Å². The van der Waals surface area contributed by atoms with Crippen molar-refractivity contribution >= 4 is 39.2 Å². The van der Waals surface area contributed by atoms with Gasteiger partial charge >= 0.3 is 0 Å². The predicted molar refractivity (Wildman–Crippen MR) is 98.9 cm³/mol. The molecule has 2 aromatic carbocycles. The molecule has 1 heterocycles. The first-order chi connectivity index (χ1) is 11.7. The first-order valence-corrected chi connectivity index (χ1v) is 9.61. The first kappa shape index (κ1) is 16.9. The number of halogens is 1. The van der Waals surface area contributed by atoms with Crippen LogP contribution in [0.25, 0.3) is 10.2 Å². The van der Waals surface area contributed by atoms with Gasteiger partial charge in [0.05, 0.1) is 16.0 Å². The molecule has 0 aliphatic heterocycles. The lowest BCUT2D eigenvalue weighted by molar-refractivity contribution is -0.118. The topological polar surface area (TPSA) is 42.0 Å². The number of carbonyl (C=O) groups is 1. The highest BCUT2D eigenvalue weighted by molar-refractivity contribution is 7.99. The van der Waals surface area contributed by atoms with Crippen molar-refractivity contribution < 1.29 is 9.18 Å². The maximum Gasteiger partial charge on any atom is 0.230 e. The summed E-state index contributed by atoms with van der Waals surface area (Å²) in [4.78, 5) is 16.4. The van der Waals surface area contributed by atoms with Gasteiger partial charge in [-0.15, -0.1) is 23.1 Å². The second-order valence-corrected chi connectivity index (χ2v) is 7.40. The molecule has 0 saturated heterocycles. The SMILES string of the molecule is O=C(CSCc1nc2ccccc2s1)NCCc1ccc(F)cc1. The van der Waals surface area contributed by atoms with Crippen molar-refractivity contribution in [3.8, 4) is 0 Å². The Morgan fingerprint density at radius 3 is 2.75 bits per heavy atom. The molecule has 0 aliphatic carbocycles. The third-order valence-electron chi connectivity index (χ3n) is 3.45. The molecule has 0 fully saturated rings. The molecule has 3 rings (SSSR count). The standard InChI is InChI=1S/C18H17FN2OS2/c19-14-7-5-13(6-8-14)9-10-20-17(22)11-23-12-18-21-15-3-1-2-4-16(15)24-18/h1-8H,9-12H2,(H,20,22). The average Bonchev–Trinajstić information content (AvgIpc) is 2.99. The molecule has 124 valence electrons. The molecule has 0 atom stereocenters. The number of thiazole rings is 1. The summed E-state index contributed by atoms with van der Waals surface area (Å²) in [5, 5.41) is 3.93. The normalized spacial score (nSPS) is 10.9. The molecule has 3 aromatic rings. The number of aromatic nitrogens is 1. The fraction of sp³-hybridized carbons (Fsp3) is 0.222. The maximum atomic E-state index is 12.8. The Kier molecular flexibility index (Phi) is 5.82. The van der Waals surface area contributed by atoms with E-state index < -0.39 is 0 Å². The molecule has 0 saturated carbocycles. The molecule has 24 heavy (non-hydrogen) atoms. The van der Waals surface area contributed by atoms with Gasteiger partial charge in [0.25, 0.3) is 0 Å². The molecule has 0 unspecified atom stereocenters. The van der Waals surface area contributed by atoms with Crippen LogP contribution >= 0.6 is 23.1 Å². The number of para-hydroxylation sites is 1. The molecule has 6 heteroatoms. The van der Waals surface area contributed by atoms with E-state index in [0.717, 1.165) is 21.8 Å². The van der Waals surface area contributed by atoms with E-state index in [0.29, 0.717) is 18.7 Å². The van der Waals surface area contributed by atoms with Crippen LogP contribution in [-0.4, -0.2) is 23.2 Å². The number of nitrogens with one attached hydrogen (secondary N) is 1. The summed E-state index contributed by atoms with van der Waals surface area (Å²) in [7, 11) is 0. The lowest BCUT2D eigenvalue weighted by Gasteiger charge is -2.05. The van der Waals surface area contributed by atoms with Crippen LogP contribution < -0.4 is 5.32 Å². The van der Waals surface area contributed by atoms with E-state index >= 15 is 0 Å². The van der Waals surface area contributed by atoms with Crippen LogP contribution in [-0.2, 0) is 17.0 Å². The van der Waals surface area contributed by atoms with E-state index in [4.69, 9.17) is 0 Å². The zero-order valence-electron chi connectivity index (χ0n) is 13.0. The van der Waals surface area contributed by atoms with E-state index in [9.17, 15) is 9.18 Å². The number of fused-ring (bicyclic) bond motifs is 1. The Balaban J connectivity index is 1.37. The Hall–Kier alpha value is -1.92. The van der Waals surface area contributed by atoms with Gasteiger partial charge in [0.2, 0.25) is 5.91 Å². The van der Waals surface area contributed by atoms with E-state index in [1.807, 2.05) is 18.2 Å². The highest BCUT2D eigenvalue weighted by Gasteiger charge is 2.06. The van der Waals surface area contributed by atoms with Gasteiger partial charge in [-0.25, -0.2) is 9.37 Å². The highest BCUT2D eigenvalue weighted by atomic mass is 32.2. The molecule has 1 N–H and O–H groups in total. The number of nitrogens with zero attached hydrogens (tertiary/aromatic N) is 1. The number of benzene rings is 2. The predicted octanol–water partition coefficient (Wildman–Crippen LogP) is 4.03. The monoisotopic (exact) mass is 360 g/mol. The van der Waals surface area contributed by atoms with Crippen molar-refractivity contribution in [2.45, 2.75) is 12.2 Å². The summed E-state index contributed by atoms with van der Waals surface area (Å²) in [6.07, 6.45) is 0.703. The van der Waals surface area contributed by atoms with Crippen LogP contribution in [0.3, 0.4) is 0 Å². The average molecular weight is 360 g/mol. The van der Waals surface area contributed by atoms with Gasteiger partial charge in [0.1, 0.15) is 10.8 Å². The summed E-state index contributed by atoms with van der Waals surface area (Å²) in [5.41, 5.74) is 2.03. The van der Waals surface area contributed by atoms with Gasteiger partial charge in [0, 0.05) is 12.3 Å². The minimum atomic E-state index is -0.242. The van der Waals surface area contributed by atoms with Crippen molar-refractivity contribution in [2.75, 3.05) is 12.3 Å².